The third-order valence-electron chi connectivity index (χ3n) is 6.97. The topological polar surface area (TPSA) is 43.8 Å². The van der Waals surface area contributed by atoms with E-state index in [-0.39, 0.29) is 35.8 Å². The molecule has 2 aromatic rings. The molecule has 1 spiro atoms. The number of aliphatic hydroxyl groups excluding tert-OH is 1. The number of benzene rings is 2. The van der Waals surface area contributed by atoms with Gasteiger partial charge in [0.15, 0.2) is 0 Å². The van der Waals surface area contributed by atoms with E-state index in [1.165, 1.54) is 24.5 Å². The van der Waals surface area contributed by atoms with E-state index >= 15 is 0 Å². The smallest absolute Gasteiger partial charge is 0.222 e. The molecule has 3 aliphatic rings. The van der Waals surface area contributed by atoms with Crippen LogP contribution in [0.1, 0.15) is 36.3 Å². The molecule has 4 nitrogen and oxygen atoms in total. The first-order valence-electron chi connectivity index (χ1n) is 10.6. The van der Waals surface area contributed by atoms with Gasteiger partial charge in [0.2, 0.25) is 5.91 Å². The minimum Gasteiger partial charge on any atom is -0.395 e. The van der Waals surface area contributed by atoms with Gasteiger partial charge in [0.1, 0.15) is 5.82 Å². The Labute approximate surface area is 170 Å². The van der Waals surface area contributed by atoms with Gasteiger partial charge in [-0.05, 0) is 42.0 Å². The second kappa shape index (κ2) is 7.22. The molecular formula is C24H27FN2O2. The molecule has 1 saturated carbocycles. The summed E-state index contributed by atoms with van der Waals surface area (Å²) < 4.78 is 13.7. The van der Waals surface area contributed by atoms with Crippen LogP contribution in [-0.4, -0.2) is 52.1 Å². The van der Waals surface area contributed by atoms with E-state index in [9.17, 15) is 14.3 Å². The first-order valence-corrected chi connectivity index (χ1v) is 10.6. The van der Waals surface area contributed by atoms with Crippen LogP contribution in [-0.2, 0) is 11.3 Å². The van der Waals surface area contributed by atoms with E-state index in [1.807, 2.05) is 29.2 Å². The average Bonchev–Trinajstić information content (AvgIpc) is 3.49. The molecule has 0 radical (unpaired) electrons. The second-order valence-corrected chi connectivity index (χ2v) is 8.90. The fourth-order valence-electron chi connectivity index (χ4n) is 5.34. The quantitative estimate of drug-likeness (QED) is 0.819. The number of carbonyl (C=O) groups excluding carboxylic acids is 1. The average molecular weight is 394 g/mol. The Balaban J connectivity index is 1.40. The van der Waals surface area contributed by atoms with E-state index in [0.29, 0.717) is 32.0 Å². The van der Waals surface area contributed by atoms with E-state index < -0.39 is 0 Å². The summed E-state index contributed by atoms with van der Waals surface area (Å²) in [4.78, 5) is 16.9. The van der Waals surface area contributed by atoms with Gasteiger partial charge < -0.3 is 10.0 Å². The molecule has 5 rings (SSSR count). The van der Waals surface area contributed by atoms with Crippen LogP contribution in [0.4, 0.5) is 4.39 Å². The molecular weight excluding hydrogens is 367 g/mol. The summed E-state index contributed by atoms with van der Waals surface area (Å²) in [5.41, 5.74) is 1.92. The summed E-state index contributed by atoms with van der Waals surface area (Å²) in [6.07, 6.45) is 3.02. The van der Waals surface area contributed by atoms with E-state index in [0.717, 1.165) is 5.56 Å². The number of rotatable bonds is 6. The van der Waals surface area contributed by atoms with Gasteiger partial charge in [0.25, 0.3) is 0 Å². The summed E-state index contributed by atoms with van der Waals surface area (Å²) in [7, 11) is 0. The third-order valence-corrected chi connectivity index (χ3v) is 6.97. The summed E-state index contributed by atoms with van der Waals surface area (Å²) in [6.45, 7) is 2.00. The zero-order valence-electron chi connectivity index (χ0n) is 16.5. The molecule has 29 heavy (non-hydrogen) atoms. The van der Waals surface area contributed by atoms with Crippen LogP contribution < -0.4 is 0 Å². The third kappa shape index (κ3) is 3.26. The van der Waals surface area contributed by atoms with Gasteiger partial charge >= 0.3 is 0 Å². The predicted octanol–water partition coefficient (Wildman–Crippen LogP) is 3.17. The molecule has 0 unspecified atom stereocenters. The fraction of sp³-hybridized carbons (Fsp3) is 0.458. The van der Waals surface area contributed by atoms with Gasteiger partial charge in [-0.1, -0.05) is 42.5 Å². The van der Waals surface area contributed by atoms with Crippen molar-refractivity contribution in [2.45, 2.75) is 43.3 Å². The second-order valence-electron chi connectivity index (χ2n) is 8.90. The van der Waals surface area contributed by atoms with Crippen LogP contribution >= 0.6 is 0 Å². The number of amides is 1. The molecule has 2 aliphatic heterocycles. The van der Waals surface area contributed by atoms with Gasteiger partial charge in [-0.15, -0.1) is 0 Å². The van der Waals surface area contributed by atoms with Crippen molar-refractivity contribution in [3.63, 3.8) is 0 Å². The lowest BCUT2D eigenvalue weighted by atomic mass is 9.60. The highest BCUT2D eigenvalue weighted by molar-refractivity contribution is 5.78. The van der Waals surface area contributed by atoms with E-state index in [1.54, 1.807) is 12.1 Å². The number of hydrogen-bond donors (Lipinski definition) is 1. The van der Waals surface area contributed by atoms with Crippen LogP contribution in [0, 0.1) is 11.7 Å². The molecule has 2 heterocycles. The fourth-order valence-corrected chi connectivity index (χ4v) is 5.34. The Morgan fingerprint density at radius 2 is 1.86 bits per heavy atom. The highest BCUT2D eigenvalue weighted by Gasteiger charge is 2.66. The Bertz CT molecular complexity index is 893. The summed E-state index contributed by atoms with van der Waals surface area (Å²) in [6, 6.07) is 16.9. The number of hydrogen-bond acceptors (Lipinski definition) is 3. The molecule has 152 valence electrons. The summed E-state index contributed by atoms with van der Waals surface area (Å²) in [5.74, 6) is 0.765. The van der Waals surface area contributed by atoms with Gasteiger partial charge in [-0.2, -0.15) is 0 Å². The lowest BCUT2D eigenvalue weighted by molar-refractivity contribution is -0.200. The Kier molecular flexibility index (Phi) is 4.67. The summed E-state index contributed by atoms with van der Waals surface area (Å²) in [5, 5.41) is 10.2. The van der Waals surface area contributed by atoms with Crippen LogP contribution in [0.2, 0.25) is 0 Å². The maximum atomic E-state index is 13.7. The molecule has 2 aromatic carbocycles. The Morgan fingerprint density at radius 3 is 2.52 bits per heavy atom. The highest BCUT2D eigenvalue weighted by Crippen LogP contribution is 2.54. The molecule has 0 aromatic heterocycles. The Hall–Kier alpha value is -2.24. The number of halogens is 1. The van der Waals surface area contributed by atoms with Crippen LogP contribution in [0.5, 0.6) is 0 Å². The highest BCUT2D eigenvalue weighted by atomic mass is 19.1. The lowest BCUT2D eigenvalue weighted by Crippen LogP contribution is -2.84. The standard InChI is InChI=1S/C24H27FN2O2/c25-20-8-4-5-18(11-20)13-27-21(14-28)23(19-6-2-1-3-7-19)24(27)15-26(16-24)22(29)12-17-9-10-17/h1-8,11,17,21,23,28H,9-10,12-16H2/t21-,23+/m0/s1. The maximum absolute atomic E-state index is 13.7. The Morgan fingerprint density at radius 1 is 1.10 bits per heavy atom. The van der Waals surface area contributed by atoms with Gasteiger partial charge in [-0.3, -0.25) is 9.69 Å². The molecule has 3 fully saturated rings. The SMILES string of the molecule is O=C(CC1CC1)N1CC2(C1)[C@H](c1ccccc1)[C@H](CO)N2Cc1cccc(F)c1. The normalized spacial score (nSPS) is 25.5. The minimum absolute atomic E-state index is 0.0265. The van der Waals surface area contributed by atoms with Crippen molar-refractivity contribution in [1.29, 1.82) is 0 Å². The first kappa shape index (κ1) is 18.8. The van der Waals surface area contributed by atoms with Crippen LogP contribution in [0.25, 0.3) is 0 Å². The lowest BCUT2D eigenvalue weighted by Gasteiger charge is -2.71. The van der Waals surface area contributed by atoms with Gasteiger partial charge in [-0.25, -0.2) is 4.39 Å². The molecule has 2 atom stereocenters. The molecule has 2 saturated heterocycles. The number of aliphatic hydroxyl groups is 1. The monoisotopic (exact) mass is 394 g/mol. The van der Waals surface area contributed by atoms with Crippen molar-refractivity contribution in [2.24, 2.45) is 5.92 Å². The molecule has 5 heteroatoms. The van der Waals surface area contributed by atoms with Gasteiger partial charge in [0, 0.05) is 38.0 Å². The van der Waals surface area contributed by atoms with Gasteiger partial charge in [0.05, 0.1) is 12.1 Å². The van der Waals surface area contributed by atoms with Crippen molar-refractivity contribution in [1.82, 2.24) is 9.80 Å². The zero-order chi connectivity index (χ0) is 20.0. The minimum atomic E-state index is -0.243. The predicted molar refractivity (Wildman–Crippen MR) is 109 cm³/mol. The van der Waals surface area contributed by atoms with Crippen molar-refractivity contribution in [3.8, 4) is 0 Å². The van der Waals surface area contributed by atoms with Crippen LogP contribution in [0.3, 0.4) is 0 Å². The number of likely N-dealkylation sites (tertiary alicyclic amines) is 2. The van der Waals surface area contributed by atoms with Crippen molar-refractivity contribution >= 4 is 5.91 Å². The molecule has 1 N–H and O–H groups in total. The number of nitrogens with zero attached hydrogens (tertiary/aromatic N) is 2. The van der Waals surface area contributed by atoms with Crippen LogP contribution in [0.15, 0.2) is 54.6 Å². The zero-order valence-corrected chi connectivity index (χ0v) is 16.5. The van der Waals surface area contributed by atoms with Crippen molar-refractivity contribution < 1.29 is 14.3 Å². The van der Waals surface area contributed by atoms with Crippen molar-refractivity contribution in [3.05, 3.63) is 71.5 Å². The maximum Gasteiger partial charge on any atom is 0.222 e. The summed E-state index contributed by atoms with van der Waals surface area (Å²) >= 11 is 0. The van der Waals surface area contributed by atoms with E-state index in [4.69, 9.17) is 0 Å². The molecule has 1 aliphatic carbocycles. The number of carbonyl (C=O) groups is 1. The van der Waals surface area contributed by atoms with Crippen molar-refractivity contribution in [2.75, 3.05) is 19.7 Å². The molecule has 1 amide bonds. The largest absolute Gasteiger partial charge is 0.395 e. The first-order chi connectivity index (χ1) is 14.1. The van der Waals surface area contributed by atoms with E-state index in [2.05, 4.69) is 17.0 Å². The molecule has 0 bridgehead atoms.